The molecule has 8 heteroatoms. The third kappa shape index (κ3) is 1.39. The van der Waals surface area contributed by atoms with Crippen LogP contribution in [0.1, 0.15) is 10.4 Å². The Kier molecular flexibility index (Phi) is 2.01. The van der Waals surface area contributed by atoms with Gasteiger partial charge in [0.15, 0.2) is 10.6 Å². The molecule has 3 N–H and O–H groups in total. The van der Waals surface area contributed by atoms with Crippen molar-refractivity contribution in [1.29, 1.82) is 0 Å². The minimum atomic E-state index is -4.01. The van der Waals surface area contributed by atoms with Gasteiger partial charge in [-0.3, -0.25) is 4.79 Å². The predicted octanol–water partition coefficient (Wildman–Crippen LogP) is -1.48. The van der Waals surface area contributed by atoms with E-state index in [0.717, 1.165) is 6.07 Å². The highest BCUT2D eigenvalue weighted by molar-refractivity contribution is 7.90. The van der Waals surface area contributed by atoms with Gasteiger partial charge in [-0.25, -0.2) is 18.3 Å². The summed E-state index contributed by atoms with van der Waals surface area (Å²) in [6.07, 6.45) is 0. The second kappa shape index (κ2) is 3.00. The Morgan fingerprint density at radius 3 is 2.67 bits per heavy atom. The molecule has 1 aromatic carbocycles. The third-order valence-corrected chi connectivity index (χ3v) is 3.42. The largest absolute Gasteiger partial charge is 0.595 e. The highest BCUT2D eigenvalue weighted by Gasteiger charge is 2.37. The number of carbonyl (C=O) groups excluding carboxylic acids is 1. The average Bonchev–Trinajstić information content (AvgIpc) is 2.37. The maximum atomic E-state index is 11.4. The maximum absolute atomic E-state index is 11.4. The van der Waals surface area contributed by atoms with Crippen LogP contribution in [0, 0.1) is 5.21 Å². The standard InChI is InChI=1S/C7H6N2O5S/c10-7-4-2-1-3-5(9(11)12)6(4)15(13,14)8-7/h1-3,9,11H,(H,8,10). The SMILES string of the molecule is O=C1NS(=O)(=O)c2c1cccc2[NH+]([O-])O. The van der Waals surface area contributed by atoms with Crippen LogP contribution in [0.15, 0.2) is 23.1 Å². The van der Waals surface area contributed by atoms with Gasteiger partial charge in [0.2, 0.25) is 0 Å². The number of hydrogen-bond donors (Lipinski definition) is 3. The number of nitrogens with one attached hydrogen (secondary N) is 2. The number of sulfonamides is 1. The molecule has 0 bridgehead atoms. The van der Waals surface area contributed by atoms with Crippen LogP contribution in [-0.2, 0) is 10.0 Å². The van der Waals surface area contributed by atoms with Crippen molar-refractivity contribution in [1.82, 2.24) is 4.72 Å². The van der Waals surface area contributed by atoms with Crippen molar-refractivity contribution < 1.29 is 23.6 Å². The molecule has 80 valence electrons. The molecule has 0 saturated heterocycles. The van der Waals surface area contributed by atoms with Gasteiger partial charge in [0, 0.05) is 6.07 Å². The lowest BCUT2D eigenvalue weighted by Gasteiger charge is -2.13. The molecule has 1 amide bonds. The van der Waals surface area contributed by atoms with E-state index in [1.807, 2.05) is 0 Å². The van der Waals surface area contributed by atoms with Gasteiger partial charge >= 0.3 is 0 Å². The lowest BCUT2D eigenvalue weighted by Crippen LogP contribution is -2.99. The summed E-state index contributed by atoms with van der Waals surface area (Å²) in [7, 11) is -4.01. The predicted molar refractivity (Wildman–Crippen MR) is 46.9 cm³/mol. The number of fused-ring (bicyclic) bond motifs is 1. The summed E-state index contributed by atoms with van der Waals surface area (Å²) in [6, 6.07) is 3.73. The van der Waals surface area contributed by atoms with Gasteiger partial charge in [0.05, 0.1) is 5.56 Å². The fourth-order valence-electron chi connectivity index (χ4n) is 1.40. The number of carbonyl (C=O) groups is 1. The van der Waals surface area contributed by atoms with E-state index in [0.29, 0.717) is 0 Å². The summed E-state index contributed by atoms with van der Waals surface area (Å²) < 4.78 is 24.5. The number of amides is 1. The Morgan fingerprint density at radius 1 is 1.40 bits per heavy atom. The Morgan fingerprint density at radius 2 is 2.07 bits per heavy atom. The van der Waals surface area contributed by atoms with Gasteiger partial charge in [-0.1, -0.05) is 6.07 Å². The topological polar surface area (TPSA) is 111 Å². The molecule has 0 spiro atoms. The smallest absolute Gasteiger partial charge is 0.271 e. The molecule has 1 aromatic rings. The van der Waals surface area contributed by atoms with Gasteiger partial charge in [0.1, 0.15) is 0 Å². The normalized spacial score (nSPS) is 19.5. The fraction of sp³-hybridized carbons (Fsp3) is 0. The fourth-order valence-corrected chi connectivity index (χ4v) is 2.75. The molecule has 0 aromatic heterocycles. The molecule has 1 aliphatic heterocycles. The maximum Gasteiger partial charge on any atom is 0.271 e. The van der Waals surface area contributed by atoms with E-state index in [1.165, 1.54) is 12.1 Å². The first kappa shape index (κ1) is 10.1. The number of rotatable bonds is 1. The van der Waals surface area contributed by atoms with Gasteiger partial charge in [0.25, 0.3) is 15.9 Å². The van der Waals surface area contributed by atoms with Crippen LogP contribution in [0.25, 0.3) is 0 Å². The van der Waals surface area contributed by atoms with E-state index in [9.17, 15) is 18.4 Å². The van der Waals surface area contributed by atoms with Crippen LogP contribution in [0.5, 0.6) is 0 Å². The Bertz CT molecular complexity index is 536. The van der Waals surface area contributed by atoms with E-state index in [2.05, 4.69) is 0 Å². The molecule has 0 radical (unpaired) electrons. The van der Waals surface area contributed by atoms with Crippen LogP contribution >= 0.6 is 0 Å². The average molecular weight is 230 g/mol. The molecular formula is C7H6N2O5S. The van der Waals surface area contributed by atoms with Gasteiger partial charge < -0.3 is 5.21 Å². The summed E-state index contributed by atoms with van der Waals surface area (Å²) in [6.45, 7) is 0. The molecule has 1 unspecified atom stereocenters. The molecule has 15 heavy (non-hydrogen) atoms. The van der Waals surface area contributed by atoms with Crippen molar-refractivity contribution >= 4 is 21.6 Å². The second-order valence-electron chi connectivity index (χ2n) is 2.92. The van der Waals surface area contributed by atoms with Gasteiger partial charge in [-0.2, -0.15) is 5.23 Å². The minimum absolute atomic E-state index is 0.130. The zero-order valence-electron chi connectivity index (χ0n) is 7.22. The molecule has 2 rings (SSSR count). The summed E-state index contributed by atoms with van der Waals surface area (Å²) in [5, 5.41) is 18.1. The van der Waals surface area contributed by atoms with Crippen molar-refractivity contribution in [3.8, 4) is 0 Å². The van der Waals surface area contributed by atoms with Crippen LogP contribution in [0.2, 0.25) is 0 Å². The van der Waals surface area contributed by atoms with Crippen molar-refractivity contribution in [3.05, 3.63) is 29.0 Å². The second-order valence-corrected chi connectivity index (χ2v) is 4.54. The quantitative estimate of drug-likeness (QED) is 0.509. The molecule has 0 aliphatic carbocycles. The Labute approximate surface area is 84.5 Å². The zero-order valence-corrected chi connectivity index (χ0v) is 8.04. The molecular weight excluding hydrogens is 224 g/mol. The Hall–Kier alpha value is -1.48. The number of quaternary nitrogens is 1. The van der Waals surface area contributed by atoms with Crippen molar-refractivity contribution in [2.75, 3.05) is 0 Å². The molecule has 1 atom stereocenters. The molecule has 1 aliphatic rings. The summed E-state index contributed by atoms with van der Waals surface area (Å²) in [5.41, 5.74) is -0.527. The van der Waals surface area contributed by atoms with Crippen molar-refractivity contribution in [3.63, 3.8) is 0 Å². The highest BCUT2D eigenvalue weighted by Crippen LogP contribution is 2.27. The lowest BCUT2D eigenvalue weighted by atomic mass is 10.2. The van der Waals surface area contributed by atoms with Crippen LogP contribution in [0.4, 0.5) is 5.69 Å². The molecule has 7 nitrogen and oxygen atoms in total. The number of benzene rings is 1. The highest BCUT2D eigenvalue weighted by atomic mass is 32.2. The van der Waals surface area contributed by atoms with Crippen molar-refractivity contribution in [2.24, 2.45) is 0 Å². The third-order valence-electron chi connectivity index (χ3n) is 1.99. The number of hydrogen-bond acceptors (Lipinski definition) is 5. The zero-order chi connectivity index (χ0) is 11.2. The van der Waals surface area contributed by atoms with Crippen LogP contribution in [0.3, 0.4) is 0 Å². The monoisotopic (exact) mass is 230 g/mol. The van der Waals surface area contributed by atoms with Gasteiger partial charge in [-0.05, 0) is 6.07 Å². The summed E-state index contributed by atoms with van der Waals surface area (Å²) >= 11 is 0. The summed E-state index contributed by atoms with van der Waals surface area (Å²) in [5.74, 6) is -0.798. The van der Waals surface area contributed by atoms with E-state index in [4.69, 9.17) is 5.21 Å². The van der Waals surface area contributed by atoms with Gasteiger partial charge in [-0.15, -0.1) is 0 Å². The Balaban J connectivity index is 2.81. The molecule has 0 fully saturated rings. The first-order valence-electron chi connectivity index (χ1n) is 3.87. The summed E-state index contributed by atoms with van der Waals surface area (Å²) in [4.78, 5) is 10.7. The van der Waals surface area contributed by atoms with E-state index in [-0.39, 0.29) is 5.56 Å². The van der Waals surface area contributed by atoms with Crippen molar-refractivity contribution in [2.45, 2.75) is 4.90 Å². The first-order valence-corrected chi connectivity index (χ1v) is 5.35. The molecule has 0 saturated carbocycles. The van der Waals surface area contributed by atoms with E-state index >= 15 is 0 Å². The van der Waals surface area contributed by atoms with Crippen LogP contribution < -0.4 is 9.95 Å². The van der Waals surface area contributed by atoms with E-state index in [1.54, 1.807) is 4.72 Å². The lowest BCUT2D eigenvalue weighted by molar-refractivity contribution is -0.992. The molecule has 1 heterocycles. The van der Waals surface area contributed by atoms with Crippen LogP contribution in [-0.4, -0.2) is 19.5 Å². The van der Waals surface area contributed by atoms with E-state index < -0.39 is 31.7 Å². The first-order chi connectivity index (χ1) is 6.93. The minimum Gasteiger partial charge on any atom is -0.595 e.